The Morgan fingerprint density at radius 1 is 0.778 bits per heavy atom. The van der Waals surface area contributed by atoms with E-state index >= 15 is 0 Å². The Labute approximate surface area is 114 Å². The maximum Gasteiger partial charge on any atom is 0.228 e. The molecule has 0 aromatic carbocycles. The van der Waals surface area contributed by atoms with Crippen LogP contribution in [0.5, 0.6) is 0 Å². The number of rotatable bonds is 14. The first-order chi connectivity index (χ1) is 8.81. The van der Waals surface area contributed by atoms with Gasteiger partial charge in [0, 0.05) is 0 Å². The van der Waals surface area contributed by atoms with Crippen molar-refractivity contribution in [1.29, 1.82) is 0 Å². The zero-order valence-electron chi connectivity index (χ0n) is 12.3. The van der Waals surface area contributed by atoms with E-state index in [9.17, 15) is 4.79 Å². The Kier molecular flexibility index (Phi) is 14.0. The largest absolute Gasteiger partial charge is 0.285 e. The van der Waals surface area contributed by atoms with Crippen molar-refractivity contribution in [2.75, 3.05) is 0 Å². The molecule has 105 valence electrons. The van der Waals surface area contributed by atoms with Gasteiger partial charge in [-0.15, -0.1) is 0 Å². The number of unbranched alkanes of at least 4 members (excludes halogenated alkanes) is 11. The summed E-state index contributed by atoms with van der Waals surface area (Å²) in [4.78, 5) is 10.2. The molecule has 0 bridgehead atoms. The third-order valence-electron chi connectivity index (χ3n) is 3.48. The van der Waals surface area contributed by atoms with Crippen molar-refractivity contribution in [3.05, 3.63) is 12.2 Å². The second kappa shape index (κ2) is 14.5. The summed E-state index contributed by atoms with van der Waals surface area (Å²) < 4.78 is 0. The minimum absolute atomic E-state index is 0.627. The molecule has 0 heterocycles. The molecular weight excluding hydrogens is 220 g/mol. The van der Waals surface area contributed by atoms with Crippen LogP contribution in [0.3, 0.4) is 0 Å². The van der Waals surface area contributed by atoms with Crippen LogP contribution in [0.25, 0.3) is 0 Å². The van der Waals surface area contributed by atoms with Gasteiger partial charge in [0.25, 0.3) is 0 Å². The summed E-state index contributed by atoms with van der Waals surface area (Å²) in [5.41, 5.74) is 0.627. The van der Waals surface area contributed by atoms with E-state index in [4.69, 9.17) is 0 Å². The van der Waals surface area contributed by atoms with E-state index in [1.165, 1.54) is 70.6 Å². The molecule has 0 spiro atoms. The molecule has 0 unspecified atom stereocenters. The van der Waals surface area contributed by atoms with Gasteiger partial charge < -0.3 is 0 Å². The van der Waals surface area contributed by atoms with Gasteiger partial charge in [0.2, 0.25) is 6.29 Å². The van der Waals surface area contributed by atoms with Crippen molar-refractivity contribution in [1.82, 2.24) is 0 Å². The average Bonchev–Trinajstić information content (AvgIpc) is 2.39. The van der Waals surface area contributed by atoms with Gasteiger partial charge in [0.15, 0.2) is 0 Å². The minimum Gasteiger partial charge on any atom is -0.285 e. The lowest BCUT2D eigenvalue weighted by molar-refractivity contribution is 0.542. The summed E-state index contributed by atoms with van der Waals surface area (Å²) in [5.74, 6) is 0. The van der Waals surface area contributed by atoms with Crippen molar-refractivity contribution in [2.45, 2.75) is 90.4 Å². The van der Waals surface area contributed by atoms with E-state index in [2.05, 4.69) is 13.5 Å². The highest BCUT2D eigenvalue weighted by molar-refractivity contribution is 5.72. The van der Waals surface area contributed by atoms with Crippen LogP contribution in [0, 0.1) is 0 Å². The summed E-state index contributed by atoms with van der Waals surface area (Å²) in [6, 6.07) is 0. The van der Waals surface area contributed by atoms with E-state index < -0.39 is 0 Å². The molecule has 0 aliphatic rings. The molecule has 1 radical (unpaired) electrons. The Morgan fingerprint density at radius 2 is 1.17 bits per heavy atom. The van der Waals surface area contributed by atoms with Crippen molar-refractivity contribution in [3.63, 3.8) is 0 Å². The van der Waals surface area contributed by atoms with E-state index in [0.29, 0.717) is 5.57 Å². The molecule has 0 aromatic rings. The number of carbonyl (C=O) groups excluding carboxylic acids is 1. The molecule has 0 aliphatic heterocycles. The molecule has 1 heteroatoms. The molecule has 0 N–H and O–H groups in total. The first-order valence-corrected chi connectivity index (χ1v) is 7.87. The summed E-state index contributed by atoms with van der Waals surface area (Å²) in [7, 11) is 0. The maximum atomic E-state index is 10.2. The molecule has 0 saturated heterocycles. The van der Waals surface area contributed by atoms with E-state index in [1.54, 1.807) is 0 Å². The molecule has 0 aromatic heterocycles. The predicted molar refractivity (Wildman–Crippen MR) is 80.5 cm³/mol. The molecule has 0 amide bonds. The maximum absolute atomic E-state index is 10.2. The smallest absolute Gasteiger partial charge is 0.228 e. The summed E-state index contributed by atoms with van der Waals surface area (Å²) in [5, 5.41) is 0. The molecule has 0 aliphatic carbocycles. The quantitative estimate of drug-likeness (QED) is 0.284. The van der Waals surface area contributed by atoms with Crippen LogP contribution in [0.1, 0.15) is 90.4 Å². The number of allylic oxidation sites excluding steroid dienone is 1. The second-order valence-corrected chi connectivity index (χ2v) is 5.34. The molecule has 0 atom stereocenters. The predicted octanol–water partition coefficient (Wildman–Crippen LogP) is 5.74. The van der Waals surface area contributed by atoms with E-state index in [-0.39, 0.29) is 0 Å². The molecule has 1 nitrogen and oxygen atoms in total. The van der Waals surface area contributed by atoms with Gasteiger partial charge in [-0.3, -0.25) is 4.79 Å². The van der Waals surface area contributed by atoms with Crippen LogP contribution in [-0.2, 0) is 4.79 Å². The van der Waals surface area contributed by atoms with Gasteiger partial charge in [0.1, 0.15) is 0 Å². The average molecular weight is 251 g/mol. The number of hydrogen-bond donors (Lipinski definition) is 0. The minimum atomic E-state index is 0.627. The normalized spacial score (nSPS) is 10.5. The van der Waals surface area contributed by atoms with Crippen LogP contribution in [0.15, 0.2) is 12.2 Å². The van der Waals surface area contributed by atoms with Crippen LogP contribution in [0.2, 0.25) is 0 Å². The standard InChI is InChI=1S/C17H31O/c1-3-4-5-6-7-8-9-10-11-12-13-14-15-17(2)16-18/h2-15H2,1H3. The van der Waals surface area contributed by atoms with Gasteiger partial charge in [-0.25, -0.2) is 0 Å². The first kappa shape index (κ1) is 17.4. The monoisotopic (exact) mass is 251 g/mol. The Hall–Kier alpha value is -0.590. The van der Waals surface area contributed by atoms with Crippen molar-refractivity contribution < 1.29 is 4.79 Å². The third-order valence-corrected chi connectivity index (χ3v) is 3.48. The fraction of sp³-hybridized carbons (Fsp3) is 0.824. The lowest BCUT2D eigenvalue weighted by Gasteiger charge is -2.02. The van der Waals surface area contributed by atoms with Gasteiger partial charge in [-0.05, 0) is 18.4 Å². The zero-order chi connectivity index (χ0) is 13.5. The Bertz CT molecular complexity index is 196. The van der Waals surface area contributed by atoms with Crippen molar-refractivity contribution in [3.8, 4) is 0 Å². The SMILES string of the molecule is C=C([C]=O)CCCCCCCCCCCCCC. The van der Waals surface area contributed by atoms with Crippen LogP contribution in [0.4, 0.5) is 0 Å². The molecule has 0 rings (SSSR count). The third kappa shape index (κ3) is 13.5. The van der Waals surface area contributed by atoms with Gasteiger partial charge in [-0.2, -0.15) is 0 Å². The Balaban J connectivity index is 2.98. The van der Waals surface area contributed by atoms with E-state index in [0.717, 1.165) is 12.8 Å². The molecule has 0 saturated carbocycles. The van der Waals surface area contributed by atoms with Gasteiger partial charge in [0.05, 0.1) is 0 Å². The van der Waals surface area contributed by atoms with Crippen LogP contribution >= 0.6 is 0 Å². The van der Waals surface area contributed by atoms with Crippen molar-refractivity contribution >= 4 is 6.29 Å². The summed E-state index contributed by atoms with van der Waals surface area (Å²) in [6.45, 7) is 5.90. The number of hydrogen-bond acceptors (Lipinski definition) is 1. The highest BCUT2D eigenvalue weighted by Gasteiger charge is 1.95. The first-order valence-electron chi connectivity index (χ1n) is 7.87. The van der Waals surface area contributed by atoms with Crippen LogP contribution in [-0.4, -0.2) is 6.29 Å². The van der Waals surface area contributed by atoms with Crippen LogP contribution < -0.4 is 0 Å². The molecular formula is C17H31O. The fourth-order valence-electron chi connectivity index (χ4n) is 2.23. The highest BCUT2D eigenvalue weighted by atomic mass is 16.1. The topological polar surface area (TPSA) is 17.1 Å². The summed E-state index contributed by atoms with van der Waals surface area (Å²) in [6.07, 6.45) is 18.9. The fourth-order valence-corrected chi connectivity index (χ4v) is 2.23. The highest BCUT2D eigenvalue weighted by Crippen LogP contribution is 2.13. The lowest BCUT2D eigenvalue weighted by Crippen LogP contribution is -1.85. The summed E-state index contributed by atoms with van der Waals surface area (Å²) >= 11 is 0. The Morgan fingerprint density at radius 3 is 1.56 bits per heavy atom. The van der Waals surface area contributed by atoms with Gasteiger partial charge in [-0.1, -0.05) is 84.1 Å². The zero-order valence-corrected chi connectivity index (χ0v) is 12.3. The molecule has 18 heavy (non-hydrogen) atoms. The van der Waals surface area contributed by atoms with Crippen molar-refractivity contribution in [2.24, 2.45) is 0 Å². The van der Waals surface area contributed by atoms with Gasteiger partial charge >= 0.3 is 0 Å². The molecule has 0 fully saturated rings. The lowest BCUT2D eigenvalue weighted by atomic mass is 10.0. The second-order valence-electron chi connectivity index (χ2n) is 5.34. The van der Waals surface area contributed by atoms with E-state index in [1.807, 2.05) is 6.29 Å².